The van der Waals surface area contributed by atoms with Crippen molar-refractivity contribution in [2.75, 3.05) is 13.1 Å². The summed E-state index contributed by atoms with van der Waals surface area (Å²) in [5.41, 5.74) is -1.47. The van der Waals surface area contributed by atoms with Gasteiger partial charge in [-0.25, -0.2) is 4.79 Å². The van der Waals surface area contributed by atoms with Gasteiger partial charge in [-0.05, 0) is 40.5 Å². The molecule has 5 heteroatoms. The van der Waals surface area contributed by atoms with Gasteiger partial charge in [-0.2, -0.15) is 4.39 Å². The topological polar surface area (TPSA) is 46.6 Å². The quantitative estimate of drug-likeness (QED) is 0.568. The summed E-state index contributed by atoms with van der Waals surface area (Å²) in [4.78, 5) is 24.1. The molecule has 24 heavy (non-hydrogen) atoms. The first kappa shape index (κ1) is 25.1. The third kappa shape index (κ3) is 11.4. The number of hydrogen-bond donors (Lipinski definition) is 0. The van der Waals surface area contributed by atoms with Crippen molar-refractivity contribution in [1.29, 1.82) is 0 Å². The van der Waals surface area contributed by atoms with Gasteiger partial charge in [0, 0.05) is 13.1 Å². The number of carbonyl (C=O) groups is 2. The lowest BCUT2D eigenvalue weighted by Gasteiger charge is -2.36. The first-order valence-corrected chi connectivity index (χ1v) is 9.32. The molecule has 4 nitrogen and oxygen atoms in total. The number of likely N-dealkylation sites (tertiary alicyclic amines) is 1. The Bertz CT molecular complexity index is 351. The van der Waals surface area contributed by atoms with E-state index in [-0.39, 0.29) is 0 Å². The largest absolute Gasteiger partial charge is 0.444 e. The number of carbonyl (C=O) groups excluding carboxylic acids is 2. The zero-order chi connectivity index (χ0) is 19.4. The van der Waals surface area contributed by atoms with Crippen LogP contribution in [0.4, 0.5) is 9.18 Å². The second-order valence-electron chi connectivity index (χ2n) is 6.86. The van der Waals surface area contributed by atoms with Gasteiger partial charge in [-0.3, -0.25) is 4.79 Å². The number of halogens is 1. The van der Waals surface area contributed by atoms with Crippen LogP contribution < -0.4 is 0 Å². The zero-order valence-corrected chi connectivity index (χ0v) is 17.0. The molecule has 2 rings (SSSR count). The maximum Gasteiger partial charge on any atom is 0.410 e. The predicted octanol–water partition coefficient (Wildman–Crippen LogP) is 5.74. The van der Waals surface area contributed by atoms with E-state index in [0.717, 1.165) is 0 Å². The number of rotatable bonds is 1. The fourth-order valence-electron chi connectivity index (χ4n) is 1.71. The highest BCUT2D eigenvalue weighted by Gasteiger charge is 2.39. The molecule has 144 valence electrons. The monoisotopic (exact) mass is 347 g/mol. The van der Waals surface area contributed by atoms with Crippen molar-refractivity contribution < 1.29 is 18.7 Å². The molecule has 0 radical (unpaired) electrons. The van der Waals surface area contributed by atoms with Crippen LogP contribution in [0.25, 0.3) is 0 Å². The summed E-state index contributed by atoms with van der Waals surface area (Å²) in [5, 5.41) is 0. The number of amides is 1. The molecule has 0 unspecified atom stereocenters. The Morgan fingerprint density at radius 2 is 1.33 bits per heavy atom. The molecule has 1 heterocycles. The van der Waals surface area contributed by atoms with Gasteiger partial charge in [-0.1, -0.05) is 47.0 Å². The summed E-state index contributed by atoms with van der Waals surface area (Å²) in [7, 11) is 0. The predicted molar refractivity (Wildman–Crippen MR) is 97.8 cm³/mol. The lowest BCUT2D eigenvalue weighted by Crippen LogP contribution is -2.46. The lowest BCUT2D eigenvalue weighted by molar-refractivity contribution is -0.142. The van der Waals surface area contributed by atoms with Crippen molar-refractivity contribution >= 4 is 12.1 Å². The van der Waals surface area contributed by atoms with E-state index in [4.69, 9.17) is 4.74 Å². The van der Waals surface area contributed by atoms with Crippen LogP contribution >= 0.6 is 0 Å². The normalized spacial score (nSPS) is 17.6. The molecule has 0 bridgehead atoms. The first-order valence-electron chi connectivity index (χ1n) is 9.32. The minimum Gasteiger partial charge on any atom is -0.444 e. The maximum atomic E-state index is 12.8. The molecular formula is C19H38FNO3. The fraction of sp³-hybridized carbons (Fsp3) is 0.895. The van der Waals surface area contributed by atoms with Crippen LogP contribution in [0.5, 0.6) is 0 Å². The Morgan fingerprint density at radius 3 is 1.58 bits per heavy atom. The molecule has 1 aliphatic heterocycles. The molecule has 0 spiro atoms. The average Bonchev–Trinajstić information content (AvgIpc) is 3.39. The van der Waals surface area contributed by atoms with E-state index >= 15 is 0 Å². The summed E-state index contributed by atoms with van der Waals surface area (Å²) in [6.45, 7) is 15.7. The van der Waals surface area contributed by atoms with Gasteiger partial charge in [0.15, 0.2) is 0 Å². The smallest absolute Gasteiger partial charge is 0.410 e. The van der Waals surface area contributed by atoms with Gasteiger partial charge in [0.05, 0.1) is 5.41 Å². The summed E-state index contributed by atoms with van der Waals surface area (Å²) in [6, 6.07) is -1.29. The average molecular weight is 348 g/mol. The van der Waals surface area contributed by atoms with Crippen LogP contribution in [0.1, 0.15) is 87.5 Å². The van der Waals surface area contributed by atoms with Crippen molar-refractivity contribution in [3.63, 3.8) is 0 Å². The molecule has 0 N–H and O–H groups in total. The van der Waals surface area contributed by atoms with E-state index in [1.807, 2.05) is 27.7 Å². The molecule has 0 aromatic rings. The number of piperidine rings is 1. The molecule has 0 atom stereocenters. The highest BCUT2D eigenvalue weighted by molar-refractivity contribution is 5.76. The molecule has 2 aliphatic rings. The minimum atomic E-state index is -1.29. The molecule has 1 saturated heterocycles. The number of ether oxygens (including phenoxy) is 1. The summed E-state index contributed by atoms with van der Waals surface area (Å²) in [5.74, 6) is 0. The van der Waals surface area contributed by atoms with E-state index in [1.165, 1.54) is 24.2 Å². The standard InChI is InChI=1S/C12H20FNO3.C3H6.2C2H6/c1-11(2,3)17-10(16)14-7-5-12(4,6-8-14)9(13)15;1-2-3-1;2*1-2/h5-8H2,1-4H3;1-3H2;2*1-2H3. The van der Waals surface area contributed by atoms with Crippen LogP contribution in [-0.4, -0.2) is 35.7 Å². The summed E-state index contributed by atoms with van der Waals surface area (Å²) >= 11 is 0. The molecule has 0 aromatic carbocycles. The second kappa shape index (κ2) is 12.3. The van der Waals surface area contributed by atoms with E-state index in [1.54, 1.807) is 27.7 Å². The van der Waals surface area contributed by atoms with Gasteiger partial charge in [0.1, 0.15) is 5.60 Å². The Hall–Kier alpha value is -1.13. The summed E-state index contributed by atoms with van der Waals surface area (Å²) in [6.07, 6.45) is 4.80. The van der Waals surface area contributed by atoms with Crippen molar-refractivity contribution in [2.45, 2.75) is 93.1 Å². The Kier molecular flexibility index (Phi) is 12.8. The van der Waals surface area contributed by atoms with Crippen molar-refractivity contribution in [1.82, 2.24) is 4.90 Å². The lowest BCUT2D eigenvalue weighted by atomic mass is 9.81. The van der Waals surface area contributed by atoms with Gasteiger partial charge in [0.25, 0.3) is 0 Å². The molecule has 2 fully saturated rings. The van der Waals surface area contributed by atoms with Crippen molar-refractivity contribution in [3.8, 4) is 0 Å². The van der Waals surface area contributed by atoms with Crippen LogP contribution in [0, 0.1) is 5.41 Å². The number of nitrogens with zero attached hydrogens (tertiary/aromatic N) is 1. The van der Waals surface area contributed by atoms with Gasteiger partial charge in [-0.15, -0.1) is 0 Å². The van der Waals surface area contributed by atoms with Crippen LogP contribution in [0.15, 0.2) is 0 Å². The van der Waals surface area contributed by atoms with Gasteiger partial charge < -0.3 is 9.64 Å². The zero-order valence-electron chi connectivity index (χ0n) is 17.0. The van der Waals surface area contributed by atoms with Crippen molar-refractivity contribution in [3.05, 3.63) is 0 Å². The Labute approximate surface area is 148 Å². The second-order valence-corrected chi connectivity index (χ2v) is 6.86. The molecular weight excluding hydrogens is 309 g/mol. The van der Waals surface area contributed by atoms with E-state index in [2.05, 4.69) is 0 Å². The van der Waals surface area contributed by atoms with E-state index in [0.29, 0.717) is 25.9 Å². The van der Waals surface area contributed by atoms with Gasteiger partial charge >= 0.3 is 12.1 Å². The Balaban J connectivity index is 0. The van der Waals surface area contributed by atoms with Crippen molar-refractivity contribution in [2.24, 2.45) is 5.41 Å². The maximum absolute atomic E-state index is 12.8. The van der Waals surface area contributed by atoms with Crippen LogP contribution in [-0.2, 0) is 9.53 Å². The fourth-order valence-corrected chi connectivity index (χ4v) is 1.71. The highest BCUT2D eigenvalue weighted by atomic mass is 19.1. The SMILES string of the molecule is C1CC1.CC.CC.CC(C)(C)OC(=O)N1CCC(C)(C(=O)F)CC1. The molecule has 1 aliphatic carbocycles. The number of hydrogen-bond acceptors (Lipinski definition) is 3. The van der Waals surface area contributed by atoms with Crippen LogP contribution in [0.2, 0.25) is 0 Å². The highest BCUT2D eigenvalue weighted by Crippen LogP contribution is 2.32. The molecule has 1 amide bonds. The molecule has 0 aromatic heterocycles. The molecule has 1 saturated carbocycles. The third-order valence-electron chi connectivity index (χ3n) is 3.35. The first-order chi connectivity index (χ1) is 11.1. The summed E-state index contributed by atoms with van der Waals surface area (Å²) < 4.78 is 18.0. The van der Waals surface area contributed by atoms with E-state index in [9.17, 15) is 14.0 Å². The van der Waals surface area contributed by atoms with E-state index < -0.39 is 23.1 Å². The Morgan fingerprint density at radius 1 is 0.958 bits per heavy atom. The van der Waals surface area contributed by atoms with Gasteiger partial charge in [0.2, 0.25) is 0 Å². The van der Waals surface area contributed by atoms with Crippen LogP contribution in [0.3, 0.4) is 0 Å². The third-order valence-corrected chi connectivity index (χ3v) is 3.35. The minimum absolute atomic E-state index is 0.349.